The summed E-state index contributed by atoms with van der Waals surface area (Å²) in [5, 5.41) is 11.0. The second-order valence-electron chi connectivity index (χ2n) is 12.5. The van der Waals surface area contributed by atoms with E-state index in [-0.39, 0.29) is 0 Å². The van der Waals surface area contributed by atoms with Crippen LogP contribution in [-0.4, -0.2) is 10.7 Å². The van der Waals surface area contributed by atoms with Gasteiger partial charge >= 0.3 is 0 Å². The maximum atomic E-state index is 11.0. The molecule has 1 nitrogen and oxygen atoms in total. The Kier molecular flexibility index (Phi) is 12.9. The lowest BCUT2D eigenvalue weighted by molar-refractivity contribution is 0.0304. The van der Waals surface area contributed by atoms with E-state index in [1.54, 1.807) is 0 Å². The van der Waals surface area contributed by atoms with Gasteiger partial charge in [-0.05, 0) is 67.6 Å². The Morgan fingerprint density at radius 1 is 0.719 bits per heavy atom. The molecule has 0 aromatic carbocycles. The van der Waals surface area contributed by atoms with Crippen molar-refractivity contribution in [3.63, 3.8) is 0 Å². The molecule has 7 atom stereocenters. The minimum atomic E-state index is -0.557. The van der Waals surface area contributed by atoms with Gasteiger partial charge in [0, 0.05) is 0 Å². The fourth-order valence-electron chi connectivity index (χ4n) is 5.81. The highest BCUT2D eigenvalue weighted by atomic mass is 16.3. The monoisotopic (exact) mass is 446 g/mol. The summed E-state index contributed by atoms with van der Waals surface area (Å²) in [5.74, 6) is 4.49. The van der Waals surface area contributed by atoms with Crippen LogP contribution in [0.5, 0.6) is 0 Å². The predicted molar refractivity (Wildman–Crippen MR) is 144 cm³/mol. The van der Waals surface area contributed by atoms with Crippen LogP contribution in [0.4, 0.5) is 0 Å². The fraction of sp³-hybridized carbons (Fsp3) is 0.871. The molecule has 1 fully saturated rings. The molecule has 1 saturated carbocycles. The summed E-state index contributed by atoms with van der Waals surface area (Å²) < 4.78 is 0. The molecule has 0 radical (unpaired) electrons. The number of aliphatic hydroxyl groups is 1. The lowest BCUT2D eigenvalue weighted by Crippen LogP contribution is -2.34. The van der Waals surface area contributed by atoms with Crippen LogP contribution < -0.4 is 0 Å². The van der Waals surface area contributed by atoms with Gasteiger partial charge in [0.15, 0.2) is 0 Å². The molecule has 7 unspecified atom stereocenters. The summed E-state index contributed by atoms with van der Waals surface area (Å²) >= 11 is 0. The Morgan fingerprint density at radius 3 is 1.72 bits per heavy atom. The second-order valence-corrected chi connectivity index (χ2v) is 12.5. The van der Waals surface area contributed by atoms with Crippen LogP contribution in [0, 0.1) is 41.4 Å². The van der Waals surface area contributed by atoms with Gasteiger partial charge in [-0.25, -0.2) is 0 Å². The molecule has 1 aliphatic rings. The number of rotatable bonds is 15. The second kappa shape index (κ2) is 14.0. The molecule has 188 valence electrons. The summed E-state index contributed by atoms with van der Waals surface area (Å²) in [6.45, 7) is 27.2. The molecule has 0 aromatic rings. The Labute approximate surface area is 202 Å². The van der Waals surface area contributed by atoms with Crippen LogP contribution in [0.3, 0.4) is 0 Å². The fourth-order valence-corrected chi connectivity index (χ4v) is 5.81. The Bertz CT molecular complexity index is 557. The average Bonchev–Trinajstić information content (AvgIpc) is 2.70. The van der Waals surface area contributed by atoms with Crippen LogP contribution in [-0.2, 0) is 0 Å². The molecule has 0 amide bonds. The highest BCUT2D eigenvalue weighted by Crippen LogP contribution is 2.46. The van der Waals surface area contributed by atoms with Gasteiger partial charge in [0.05, 0.1) is 5.60 Å². The Balaban J connectivity index is 2.27. The first kappa shape index (κ1) is 29.5. The lowest BCUT2D eigenvalue weighted by atomic mass is 9.63. The molecular formula is C31H58O. The van der Waals surface area contributed by atoms with Gasteiger partial charge in [-0.3, -0.25) is 0 Å². The van der Waals surface area contributed by atoms with Crippen molar-refractivity contribution in [2.45, 2.75) is 132 Å². The molecule has 32 heavy (non-hydrogen) atoms. The number of hydrogen-bond acceptors (Lipinski definition) is 1. The highest BCUT2D eigenvalue weighted by Gasteiger charge is 2.36. The van der Waals surface area contributed by atoms with E-state index in [9.17, 15) is 5.11 Å². The standard InChI is InChI=1S/C31H58O/c1-22(2)14-11-15-23(3)16-12-17-24(4)18-13-20-31(10,32)21-19-30-28(8)26(6)25(5)27(7)29(30)9/h22-25,27-28,30,32H,6,9,11-21H2,1-5,7-8,10H3. The first-order chi connectivity index (χ1) is 14.9. The first-order valence-corrected chi connectivity index (χ1v) is 14.0. The predicted octanol–water partition coefficient (Wildman–Crippen LogP) is 9.61. The van der Waals surface area contributed by atoms with Crippen molar-refractivity contribution in [1.82, 2.24) is 0 Å². The molecule has 1 N–H and O–H groups in total. The normalized spacial score (nSPS) is 28.1. The van der Waals surface area contributed by atoms with Gasteiger partial charge in [-0.15, -0.1) is 0 Å². The van der Waals surface area contributed by atoms with Gasteiger partial charge in [0.1, 0.15) is 0 Å². The molecule has 0 heterocycles. The Hall–Kier alpha value is -0.560. The lowest BCUT2D eigenvalue weighted by Gasteiger charge is -2.42. The van der Waals surface area contributed by atoms with E-state index >= 15 is 0 Å². The van der Waals surface area contributed by atoms with E-state index < -0.39 is 5.60 Å². The van der Waals surface area contributed by atoms with Crippen LogP contribution in [0.1, 0.15) is 126 Å². The van der Waals surface area contributed by atoms with E-state index in [2.05, 4.69) is 61.6 Å². The van der Waals surface area contributed by atoms with Crippen molar-refractivity contribution in [2.24, 2.45) is 41.4 Å². The van der Waals surface area contributed by atoms with Crippen molar-refractivity contribution in [1.29, 1.82) is 0 Å². The highest BCUT2D eigenvalue weighted by molar-refractivity contribution is 5.23. The summed E-state index contributed by atoms with van der Waals surface area (Å²) in [5.41, 5.74) is 2.19. The third kappa shape index (κ3) is 10.1. The zero-order valence-electron chi connectivity index (χ0n) is 23.2. The molecule has 0 bridgehead atoms. The quantitative estimate of drug-likeness (QED) is 0.248. The van der Waals surface area contributed by atoms with Crippen molar-refractivity contribution < 1.29 is 5.11 Å². The summed E-state index contributed by atoms with van der Waals surface area (Å²) in [6, 6.07) is 0. The molecular weight excluding hydrogens is 388 g/mol. The first-order valence-electron chi connectivity index (χ1n) is 14.0. The van der Waals surface area contributed by atoms with Gasteiger partial charge in [-0.2, -0.15) is 0 Å². The van der Waals surface area contributed by atoms with E-state index in [4.69, 9.17) is 0 Å². The SMILES string of the molecule is C=C1C(C)C(C)C(=C)C(CCC(C)(O)CCCC(C)CCCC(C)CCCC(C)C)C1C. The van der Waals surface area contributed by atoms with E-state index in [0.29, 0.717) is 23.7 Å². The smallest absolute Gasteiger partial charge is 0.0620 e. The number of hydrogen-bond donors (Lipinski definition) is 1. The topological polar surface area (TPSA) is 20.2 Å². The van der Waals surface area contributed by atoms with Crippen LogP contribution in [0.2, 0.25) is 0 Å². The van der Waals surface area contributed by atoms with Crippen LogP contribution >= 0.6 is 0 Å². The van der Waals surface area contributed by atoms with E-state index in [0.717, 1.165) is 43.4 Å². The van der Waals surface area contributed by atoms with Gasteiger partial charge in [-0.1, -0.05) is 124 Å². The van der Waals surface area contributed by atoms with Gasteiger partial charge in [0.2, 0.25) is 0 Å². The van der Waals surface area contributed by atoms with E-state index in [1.165, 1.54) is 56.1 Å². The summed E-state index contributed by atoms with van der Waals surface area (Å²) in [6.07, 6.45) is 13.5. The van der Waals surface area contributed by atoms with Gasteiger partial charge < -0.3 is 5.11 Å². The largest absolute Gasteiger partial charge is 0.390 e. The third-order valence-electron chi connectivity index (χ3n) is 8.86. The summed E-state index contributed by atoms with van der Waals surface area (Å²) in [7, 11) is 0. The Morgan fingerprint density at radius 2 is 1.19 bits per heavy atom. The molecule has 1 rings (SSSR count). The van der Waals surface area contributed by atoms with Crippen LogP contribution in [0.15, 0.2) is 24.3 Å². The maximum Gasteiger partial charge on any atom is 0.0620 e. The third-order valence-corrected chi connectivity index (χ3v) is 8.86. The van der Waals surface area contributed by atoms with Crippen molar-refractivity contribution in [3.05, 3.63) is 24.3 Å². The summed E-state index contributed by atoms with van der Waals surface area (Å²) in [4.78, 5) is 0. The van der Waals surface area contributed by atoms with Crippen molar-refractivity contribution in [2.75, 3.05) is 0 Å². The van der Waals surface area contributed by atoms with E-state index in [1.807, 2.05) is 6.92 Å². The minimum absolute atomic E-state index is 0.474. The van der Waals surface area contributed by atoms with Gasteiger partial charge in [0.25, 0.3) is 0 Å². The maximum absolute atomic E-state index is 11.0. The van der Waals surface area contributed by atoms with Crippen LogP contribution in [0.25, 0.3) is 0 Å². The van der Waals surface area contributed by atoms with Crippen molar-refractivity contribution >= 4 is 0 Å². The molecule has 0 spiro atoms. The zero-order valence-corrected chi connectivity index (χ0v) is 23.2. The molecule has 0 aliphatic heterocycles. The molecule has 1 aliphatic carbocycles. The number of allylic oxidation sites excluding steroid dienone is 2. The zero-order chi connectivity index (χ0) is 24.5. The molecule has 0 aromatic heterocycles. The average molecular weight is 447 g/mol. The molecule has 1 heteroatoms. The minimum Gasteiger partial charge on any atom is -0.390 e. The molecule has 0 saturated heterocycles. The van der Waals surface area contributed by atoms with Crippen molar-refractivity contribution in [3.8, 4) is 0 Å².